The molecule has 1 saturated heterocycles. The zero-order valence-corrected chi connectivity index (χ0v) is 20.0. The number of sulfonamides is 1. The number of hydrogen-bond acceptors (Lipinski definition) is 8. The predicted molar refractivity (Wildman–Crippen MR) is 133 cm³/mol. The van der Waals surface area contributed by atoms with E-state index in [1.165, 1.54) is 17.6 Å². The molecular weight excluding hydrogens is 474 g/mol. The number of aromatic nitrogens is 4. The van der Waals surface area contributed by atoms with Gasteiger partial charge in [0.2, 0.25) is 10.0 Å². The van der Waals surface area contributed by atoms with E-state index in [2.05, 4.69) is 35.1 Å². The number of rotatable bonds is 6. The third-order valence-corrected chi connectivity index (χ3v) is 7.29. The van der Waals surface area contributed by atoms with Crippen LogP contribution in [-0.2, 0) is 10.0 Å². The van der Waals surface area contributed by atoms with Crippen molar-refractivity contribution in [1.82, 2.24) is 24.9 Å². The lowest BCUT2D eigenvalue weighted by Crippen LogP contribution is -2.44. The average molecular weight is 498 g/mol. The fourth-order valence-electron chi connectivity index (χ4n) is 4.03. The maximum absolute atomic E-state index is 13.0. The van der Waals surface area contributed by atoms with Crippen LogP contribution >= 0.6 is 11.3 Å². The summed E-state index contributed by atoms with van der Waals surface area (Å²) in [5.41, 5.74) is 2.74. The highest BCUT2D eigenvalue weighted by molar-refractivity contribution is 7.88. The molecule has 1 fully saturated rings. The molecule has 1 amide bonds. The van der Waals surface area contributed by atoms with Crippen molar-refractivity contribution in [3.8, 4) is 10.6 Å². The van der Waals surface area contributed by atoms with Gasteiger partial charge in [0, 0.05) is 41.7 Å². The van der Waals surface area contributed by atoms with Crippen LogP contribution in [0.15, 0.2) is 48.1 Å². The SMILES string of the molecule is CS(=O)(=O)NC1CCN(c2ncccc2NC(=O)c2csc(-c3ccc4cn[nH]c4c3)n2)CC1. The standard InChI is InChI=1S/C22H23N7O3S2/c1-34(31,32)28-16-6-9-29(10-7-16)20-17(3-2-8-23-20)25-21(30)19-13-33-22(26-19)14-4-5-15-12-24-27-18(15)11-14/h2-5,8,11-13,16,28H,6-7,9-10H2,1H3,(H,24,27)(H,25,30). The summed E-state index contributed by atoms with van der Waals surface area (Å²) in [5, 5.41) is 13.4. The molecule has 34 heavy (non-hydrogen) atoms. The second-order valence-electron chi connectivity index (χ2n) is 8.19. The summed E-state index contributed by atoms with van der Waals surface area (Å²) in [6.45, 7) is 1.26. The van der Waals surface area contributed by atoms with Crippen LogP contribution in [0.2, 0.25) is 0 Å². The highest BCUT2D eigenvalue weighted by Crippen LogP contribution is 2.29. The molecule has 12 heteroatoms. The van der Waals surface area contributed by atoms with E-state index in [1.54, 1.807) is 29.9 Å². The summed E-state index contributed by atoms with van der Waals surface area (Å²) in [7, 11) is -3.24. The van der Waals surface area contributed by atoms with Crippen LogP contribution in [0.1, 0.15) is 23.3 Å². The molecule has 0 saturated carbocycles. The molecule has 0 bridgehead atoms. The van der Waals surface area contributed by atoms with E-state index in [-0.39, 0.29) is 11.9 Å². The summed E-state index contributed by atoms with van der Waals surface area (Å²) in [6, 6.07) is 9.36. The highest BCUT2D eigenvalue weighted by atomic mass is 32.2. The van der Waals surface area contributed by atoms with Crippen molar-refractivity contribution in [1.29, 1.82) is 0 Å². The average Bonchev–Trinajstić information content (AvgIpc) is 3.48. The van der Waals surface area contributed by atoms with Crippen molar-refractivity contribution < 1.29 is 13.2 Å². The molecule has 176 valence electrons. The number of amides is 1. The number of hydrogen-bond donors (Lipinski definition) is 3. The van der Waals surface area contributed by atoms with Gasteiger partial charge in [-0.05, 0) is 31.0 Å². The summed E-state index contributed by atoms with van der Waals surface area (Å²) in [5.74, 6) is 0.349. The monoisotopic (exact) mass is 497 g/mol. The van der Waals surface area contributed by atoms with Gasteiger partial charge in [0.1, 0.15) is 10.7 Å². The molecule has 0 radical (unpaired) electrons. The first-order valence-electron chi connectivity index (χ1n) is 10.7. The fraction of sp³-hybridized carbons (Fsp3) is 0.273. The predicted octanol–water partition coefficient (Wildman–Crippen LogP) is 2.85. The van der Waals surface area contributed by atoms with Gasteiger partial charge in [-0.1, -0.05) is 12.1 Å². The van der Waals surface area contributed by atoms with Gasteiger partial charge in [-0.25, -0.2) is 23.1 Å². The highest BCUT2D eigenvalue weighted by Gasteiger charge is 2.24. The maximum Gasteiger partial charge on any atom is 0.275 e. The topological polar surface area (TPSA) is 133 Å². The number of carbonyl (C=O) groups is 1. The molecular formula is C22H23N7O3S2. The van der Waals surface area contributed by atoms with E-state index in [0.29, 0.717) is 43.1 Å². The van der Waals surface area contributed by atoms with E-state index in [1.807, 2.05) is 18.2 Å². The third-order valence-electron chi connectivity index (χ3n) is 5.64. The van der Waals surface area contributed by atoms with Crippen molar-refractivity contribution in [2.75, 3.05) is 29.6 Å². The van der Waals surface area contributed by atoms with Crippen LogP contribution in [0, 0.1) is 0 Å². The van der Waals surface area contributed by atoms with Crippen LogP contribution < -0.4 is 14.9 Å². The van der Waals surface area contributed by atoms with Gasteiger partial charge in [0.25, 0.3) is 5.91 Å². The van der Waals surface area contributed by atoms with Gasteiger partial charge in [-0.2, -0.15) is 5.10 Å². The Morgan fingerprint density at radius 3 is 2.85 bits per heavy atom. The lowest BCUT2D eigenvalue weighted by atomic mass is 10.1. The molecule has 3 aromatic heterocycles. The van der Waals surface area contributed by atoms with Crippen LogP contribution in [-0.4, -0.2) is 59.9 Å². The Kier molecular flexibility index (Phi) is 6.02. The normalized spacial score (nSPS) is 15.0. The van der Waals surface area contributed by atoms with Gasteiger partial charge in [0.05, 0.1) is 23.7 Å². The van der Waals surface area contributed by atoms with Crippen LogP contribution in [0.4, 0.5) is 11.5 Å². The van der Waals surface area contributed by atoms with Crippen molar-refractivity contribution in [2.24, 2.45) is 0 Å². The quantitative estimate of drug-likeness (QED) is 0.373. The minimum absolute atomic E-state index is 0.0950. The Morgan fingerprint density at radius 2 is 2.06 bits per heavy atom. The Bertz CT molecular complexity index is 1440. The Balaban J connectivity index is 1.29. The van der Waals surface area contributed by atoms with E-state index in [0.717, 1.165) is 21.5 Å². The summed E-state index contributed by atoms with van der Waals surface area (Å²) >= 11 is 1.40. The molecule has 1 aliphatic heterocycles. The Labute approximate surface area is 200 Å². The number of aromatic amines is 1. The van der Waals surface area contributed by atoms with E-state index in [4.69, 9.17) is 0 Å². The first-order valence-corrected chi connectivity index (χ1v) is 13.5. The van der Waals surface area contributed by atoms with Crippen molar-refractivity contribution >= 4 is 49.7 Å². The number of H-pyrrole nitrogens is 1. The molecule has 1 aliphatic rings. The largest absolute Gasteiger partial charge is 0.355 e. The van der Waals surface area contributed by atoms with Crippen molar-refractivity contribution in [3.05, 3.63) is 53.8 Å². The van der Waals surface area contributed by atoms with Crippen LogP contribution in [0.5, 0.6) is 0 Å². The molecule has 3 N–H and O–H groups in total. The number of nitrogens with one attached hydrogen (secondary N) is 3. The molecule has 0 aliphatic carbocycles. The second kappa shape index (κ2) is 9.12. The summed E-state index contributed by atoms with van der Waals surface area (Å²) in [6.07, 6.45) is 5.93. The zero-order valence-electron chi connectivity index (χ0n) is 18.4. The number of benzene rings is 1. The minimum Gasteiger partial charge on any atom is -0.355 e. The smallest absolute Gasteiger partial charge is 0.275 e. The third kappa shape index (κ3) is 4.93. The molecule has 0 atom stereocenters. The van der Waals surface area contributed by atoms with E-state index < -0.39 is 10.0 Å². The summed E-state index contributed by atoms with van der Waals surface area (Å²) < 4.78 is 25.7. The fourth-order valence-corrected chi connectivity index (χ4v) is 5.66. The number of thiazole rings is 1. The lowest BCUT2D eigenvalue weighted by Gasteiger charge is -2.33. The summed E-state index contributed by atoms with van der Waals surface area (Å²) in [4.78, 5) is 24.0. The van der Waals surface area contributed by atoms with Gasteiger partial charge >= 0.3 is 0 Å². The molecule has 10 nitrogen and oxygen atoms in total. The van der Waals surface area contributed by atoms with Gasteiger partial charge in [0.15, 0.2) is 5.82 Å². The maximum atomic E-state index is 13.0. The number of fused-ring (bicyclic) bond motifs is 1. The second-order valence-corrected chi connectivity index (χ2v) is 10.8. The van der Waals surface area contributed by atoms with Crippen molar-refractivity contribution in [2.45, 2.75) is 18.9 Å². The Hall–Kier alpha value is -3.35. The zero-order chi connectivity index (χ0) is 23.7. The molecule has 4 heterocycles. The van der Waals surface area contributed by atoms with Crippen LogP contribution in [0.3, 0.4) is 0 Å². The van der Waals surface area contributed by atoms with Gasteiger partial charge in [-0.3, -0.25) is 9.89 Å². The molecule has 4 aromatic rings. The first-order chi connectivity index (χ1) is 16.4. The number of pyridine rings is 1. The molecule has 1 aromatic carbocycles. The van der Waals surface area contributed by atoms with E-state index >= 15 is 0 Å². The number of carbonyl (C=O) groups excluding carboxylic acids is 1. The van der Waals surface area contributed by atoms with Gasteiger partial charge in [-0.15, -0.1) is 11.3 Å². The number of piperidine rings is 1. The molecule has 0 spiro atoms. The lowest BCUT2D eigenvalue weighted by molar-refractivity contribution is 0.102. The van der Waals surface area contributed by atoms with Crippen molar-refractivity contribution in [3.63, 3.8) is 0 Å². The van der Waals surface area contributed by atoms with E-state index in [9.17, 15) is 13.2 Å². The molecule has 0 unspecified atom stereocenters. The molecule has 5 rings (SSSR count). The van der Waals surface area contributed by atoms with Gasteiger partial charge < -0.3 is 10.2 Å². The number of anilines is 2. The Morgan fingerprint density at radius 1 is 1.24 bits per heavy atom. The first kappa shape index (κ1) is 22.4. The van der Waals surface area contributed by atoms with Crippen LogP contribution in [0.25, 0.3) is 21.5 Å². The minimum atomic E-state index is -3.24. The number of nitrogens with zero attached hydrogens (tertiary/aromatic N) is 4.